The van der Waals surface area contributed by atoms with Crippen molar-refractivity contribution >= 4 is 11.6 Å². The van der Waals surface area contributed by atoms with Crippen molar-refractivity contribution in [2.75, 3.05) is 6.61 Å². The highest BCUT2D eigenvalue weighted by atomic mass is 35.5. The Balaban J connectivity index is 2.76. The molecule has 0 N–H and O–H groups in total. The molecule has 0 unspecified atom stereocenters. The van der Waals surface area contributed by atoms with Gasteiger partial charge in [-0.15, -0.1) is 11.6 Å². The van der Waals surface area contributed by atoms with Crippen LogP contribution in [-0.4, -0.2) is 6.61 Å². The molecule has 1 nitrogen and oxygen atoms in total. The van der Waals surface area contributed by atoms with Crippen LogP contribution in [0.3, 0.4) is 0 Å². The van der Waals surface area contributed by atoms with E-state index in [0.717, 1.165) is 16.9 Å². The molecule has 0 bridgehead atoms. The standard InChI is InChI=1S/C11H13ClO/c1-3-6-13-11-5-4-10(8-12)9(2)7-11/h3-5,7H,1,6,8H2,2H3. The molecule has 1 rings (SSSR count). The van der Waals surface area contributed by atoms with Crippen molar-refractivity contribution in [2.45, 2.75) is 12.8 Å². The molecule has 1 aromatic rings. The summed E-state index contributed by atoms with van der Waals surface area (Å²) in [5, 5.41) is 0. The molecule has 0 spiro atoms. The molecule has 1 aromatic carbocycles. The Morgan fingerprint density at radius 2 is 2.31 bits per heavy atom. The minimum Gasteiger partial charge on any atom is -0.490 e. The fourth-order valence-electron chi connectivity index (χ4n) is 1.06. The first kappa shape index (κ1) is 10.1. The normalized spacial score (nSPS) is 9.69. The van der Waals surface area contributed by atoms with E-state index >= 15 is 0 Å². The van der Waals surface area contributed by atoms with Crippen LogP contribution in [0.25, 0.3) is 0 Å². The van der Waals surface area contributed by atoms with E-state index < -0.39 is 0 Å². The van der Waals surface area contributed by atoms with Gasteiger partial charge < -0.3 is 4.74 Å². The smallest absolute Gasteiger partial charge is 0.120 e. The van der Waals surface area contributed by atoms with Crippen molar-refractivity contribution in [1.82, 2.24) is 0 Å². The Labute approximate surface area is 84.0 Å². The molecule has 0 fully saturated rings. The number of alkyl halides is 1. The van der Waals surface area contributed by atoms with Gasteiger partial charge in [0, 0.05) is 5.88 Å². The van der Waals surface area contributed by atoms with Crippen molar-refractivity contribution in [3.63, 3.8) is 0 Å². The molecule has 2 heteroatoms. The van der Waals surface area contributed by atoms with Gasteiger partial charge in [0.15, 0.2) is 0 Å². The van der Waals surface area contributed by atoms with Gasteiger partial charge >= 0.3 is 0 Å². The van der Waals surface area contributed by atoms with E-state index in [1.54, 1.807) is 6.08 Å². The van der Waals surface area contributed by atoms with Crippen LogP contribution in [0.1, 0.15) is 11.1 Å². The van der Waals surface area contributed by atoms with E-state index in [-0.39, 0.29) is 0 Å². The first-order chi connectivity index (χ1) is 6.27. The number of hydrogen-bond acceptors (Lipinski definition) is 1. The lowest BCUT2D eigenvalue weighted by Crippen LogP contribution is -1.94. The highest BCUT2D eigenvalue weighted by Crippen LogP contribution is 2.18. The number of rotatable bonds is 4. The summed E-state index contributed by atoms with van der Waals surface area (Å²) in [6, 6.07) is 5.90. The second-order valence-corrected chi connectivity index (χ2v) is 3.09. The minimum atomic E-state index is 0.541. The third-order valence-electron chi connectivity index (χ3n) is 1.83. The lowest BCUT2D eigenvalue weighted by molar-refractivity contribution is 0.363. The van der Waals surface area contributed by atoms with E-state index in [0.29, 0.717) is 12.5 Å². The van der Waals surface area contributed by atoms with Gasteiger partial charge in [0.2, 0.25) is 0 Å². The first-order valence-electron chi connectivity index (χ1n) is 4.17. The molecule has 0 saturated heterocycles. The predicted molar refractivity (Wildman–Crippen MR) is 56.4 cm³/mol. The highest BCUT2D eigenvalue weighted by Gasteiger charge is 1.98. The molecule has 0 aliphatic carbocycles. The van der Waals surface area contributed by atoms with Crippen LogP contribution in [0.4, 0.5) is 0 Å². The fraction of sp³-hybridized carbons (Fsp3) is 0.273. The maximum Gasteiger partial charge on any atom is 0.120 e. The molecule has 0 aromatic heterocycles. The Bertz CT molecular complexity index is 294. The quantitative estimate of drug-likeness (QED) is 0.531. The van der Waals surface area contributed by atoms with Crippen molar-refractivity contribution in [2.24, 2.45) is 0 Å². The Kier molecular flexibility index (Phi) is 3.84. The Morgan fingerprint density at radius 1 is 1.54 bits per heavy atom. The summed E-state index contributed by atoms with van der Waals surface area (Å²) in [5.74, 6) is 1.42. The van der Waals surface area contributed by atoms with Crippen LogP contribution in [0.5, 0.6) is 5.75 Å². The van der Waals surface area contributed by atoms with Gasteiger partial charge in [-0.05, 0) is 30.2 Å². The van der Waals surface area contributed by atoms with Crippen LogP contribution < -0.4 is 4.74 Å². The van der Waals surface area contributed by atoms with E-state index in [1.165, 1.54) is 0 Å². The first-order valence-corrected chi connectivity index (χ1v) is 4.70. The molecule has 0 aliphatic heterocycles. The summed E-state index contributed by atoms with van der Waals surface area (Å²) in [7, 11) is 0. The summed E-state index contributed by atoms with van der Waals surface area (Å²) in [6.45, 7) is 6.15. The van der Waals surface area contributed by atoms with Gasteiger partial charge in [-0.1, -0.05) is 18.7 Å². The highest BCUT2D eigenvalue weighted by molar-refractivity contribution is 6.17. The lowest BCUT2D eigenvalue weighted by atomic mass is 10.1. The van der Waals surface area contributed by atoms with Gasteiger partial charge in [-0.3, -0.25) is 0 Å². The molecule has 0 amide bonds. The molecular formula is C11H13ClO. The number of hydrogen-bond donors (Lipinski definition) is 0. The van der Waals surface area contributed by atoms with Crippen LogP contribution in [0.15, 0.2) is 30.9 Å². The minimum absolute atomic E-state index is 0.541. The molecule has 0 aliphatic rings. The summed E-state index contributed by atoms with van der Waals surface area (Å²) in [6.07, 6.45) is 1.73. The van der Waals surface area contributed by atoms with Crippen LogP contribution in [0.2, 0.25) is 0 Å². The summed E-state index contributed by atoms with van der Waals surface area (Å²) in [5.41, 5.74) is 2.31. The summed E-state index contributed by atoms with van der Waals surface area (Å²) < 4.78 is 5.37. The SMILES string of the molecule is C=CCOc1ccc(CCl)c(C)c1. The second kappa shape index (κ2) is 4.93. The monoisotopic (exact) mass is 196 g/mol. The van der Waals surface area contributed by atoms with Crippen molar-refractivity contribution in [1.29, 1.82) is 0 Å². The van der Waals surface area contributed by atoms with Gasteiger partial charge in [-0.25, -0.2) is 0 Å². The average molecular weight is 197 g/mol. The van der Waals surface area contributed by atoms with Crippen LogP contribution in [-0.2, 0) is 5.88 Å². The summed E-state index contributed by atoms with van der Waals surface area (Å²) >= 11 is 5.73. The van der Waals surface area contributed by atoms with Crippen molar-refractivity contribution < 1.29 is 4.74 Å². The largest absolute Gasteiger partial charge is 0.490 e. The maximum absolute atomic E-state index is 5.73. The summed E-state index contributed by atoms with van der Waals surface area (Å²) in [4.78, 5) is 0. The van der Waals surface area contributed by atoms with Crippen LogP contribution in [0, 0.1) is 6.92 Å². The molecular weight excluding hydrogens is 184 g/mol. The van der Waals surface area contributed by atoms with Crippen molar-refractivity contribution in [3.05, 3.63) is 42.0 Å². The number of aryl methyl sites for hydroxylation is 1. The Hall–Kier alpha value is -0.950. The average Bonchev–Trinajstić information content (AvgIpc) is 2.15. The predicted octanol–water partition coefficient (Wildman–Crippen LogP) is 3.30. The fourth-order valence-corrected chi connectivity index (χ4v) is 1.36. The molecule has 0 atom stereocenters. The zero-order valence-electron chi connectivity index (χ0n) is 7.72. The van der Waals surface area contributed by atoms with Crippen molar-refractivity contribution in [3.8, 4) is 5.75 Å². The molecule has 13 heavy (non-hydrogen) atoms. The lowest BCUT2D eigenvalue weighted by Gasteiger charge is -2.06. The van der Waals surface area contributed by atoms with E-state index in [2.05, 4.69) is 6.58 Å². The second-order valence-electron chi connectivity index (χ2n) is 2.82. The zero-order chi connectivity index (χ0) is 9.68. The topological polar surface area (TPSA) is 9.23 Å². The van der Waals surface area contributed by atoms with E-state index in [1.807, 2.05) is 25.1 Å². The molecule has 0 saturated carbocycles. The third-order valence-corrected chi connectivity index (χ3v) is 2.11. The molecule has 0 radical (unpaired) electrons. The van der Waals surface area contributed by atoms with Gasteiger partial charge in [-0.2, -0.15) is 0 Å². The maximum atomic E-state index is 5.73. The molecule has 70 valence electrons. The number of benzene rings is 1. The zero-order valence-corrected chi connectivity index (χ0v) is 8.47. The van der Waals surface area contributed by atoms with Gasteiger partial charge in [0.25, 0.3) is 0 Å². The molecule has 0 heterocycles. The Morgan fingerprint density at radius 3 is 2.85 bits per heavy atom. The van der Waals surface area contributed by atoms with E-state index in [9.17, 15) is 0 Å². The van der Waals surface area contributed by atoms with E-state index in [4.69, 9.17) is 16.3 Å². The number of halogens is 1. The van der Waals surface area contributed by atoms with Crippen LogP contribution >= 0.6 is 11.6 Å². The van der Waals surface area contributed by atoms with Gasteiger partial charge in [0.05, 0.1) is 0 Å². The number of ether oxygens (including phenoxy) is 1. The van der Waals surface area contributed by atoms with Gasteiger partial charge in [0.1, 0.15) is 12.4 Å². The third kappa shape index (κ3) is 2.78.